The fourth-order valence-electron chi connectivity index (χ4n) is 2.50. The van der Waals surface area contributed by atoms with Crippen LogP contribution in [0.15, 0.2) is 48.5 Å². The number of amides is 1. The Morgan fingerprint density at radius 2 is 1.90 bits per heavy atom. The van der Waals surface area contributed by atoms with Crippen molar-refractivity contribution in [2.75, 3.05) is 10.6 Å². The van der Waals surface area contributed by atoms with Gasteiger partial charge < -0.3 is 10.6 Å². The van der Waals surface area contributed by atoms with Crippen LogP contribution in [-0.2, 0) is 4.79 Å². The number of anilines is 2. The monoisotopic (exact) mass is 282 g/mol. The van der Waals surface area contributed by atoms with Crippen LogP contribution in [0.1, 0.15) is 27.3 Å². The van der Waals surface area contributed by atoms with E-state index in [-0.39, 0.29) is 14.8 Å². The van der Waals surface area contributed by atoms with Crippen molar-refractivity contribution in [1.82, 2.24) is 0 Å². The smallest absolute Gasteiger partial charge is 0.226 e. The Morgan fingerprint density at radius 3 is 2.71 bits per heavy atom. The van der Waals surface area contributed by atoms with Gasteiger partial charge in [-0.2, -0.15) is 0 Å². The minimum absolute atomic E-state index is 0. The Morgan fingerprint density at radius 1 is 1.10 bits per heavy atom. The van der Waals surface area contributed by atoms with Gasteiger partial charge >= 0.3 is 0 Å². The molecular weight excluding hydrogens is 260 g/mol. The molecule has 3 heteroatoms. The molecule has 0 radical (unpaired) electrons. The highest BCUT2D eigenvalue weighted by atomic mass is 16.1. The van der Waals surface area contributed by atoms with E-state index < -0.39 is 0 Å². The molecule has 0 bridgehead atoms. The highest BCUT2D eigenvalue weighted by Crippen LogP contribution is 2.31. The van der Waals surface area contributed by atoms with Crippen molar-refractivity contribution in [2.45, 2.75) is 19.4 Å². The lowest BCUT2D eigenvalue weighted by atomic mass is 10.1. The zero-order chi connectivity index (χ0) is 14.7. The van der Waals surface area contributed by atoms with E-state index in [1.165, 1.54) is 0 Å². The van der Waals surface area contributed by atoms with Crippen LogP contribution in [0.3, 0.4) is 0 Å². The summed E-state index contributed by atoms with van der Waals surface area (Å²) in [6, 6.07) is 16.2. The number of hydrogen-bond acceptors (Lipinski definition) is 2. The molecule has 0 saturated carbocycles. The normalized spacial score (nSPS) is 17.8. The maximum absolute atomic E-state index is 11.8. The van der Waals surface area contributed by atoms with Gasteiger partial charge in [-0.05, 0) is 24.1 Å². The molecule has 0 aliphatic carbocycles. The first-order chi connectivity index (χ1) is 10.2. The SMILES string of the molecule is C[C@@H]1CC(=O)Nc2cccc(/C=C/c3ccccc3)c2N1.[HH].[HH]. The summed E-state index contributed by atoms with van der Waals surface area (Å²) in [5.74, 6) is 0.0536. The molecule has 3 nitrogen and oxygen atoms in total. The summed E-state index contributed by atoms with van der Waals surface area (Å²) in [5, 5.41) is 6.38. The van der Waals surface area contributed by atoms with E-state index >= 15 is 0 Å². The fourth-order valence-corrected chi connectivity index (χ4v) is 2.50. The first-order valence-electron chi connectivity index (χ1n) is 7.15. The van der Waals surface area contributed by atoms with Crippen LogP contribution in [-0.4, -0.2) is 11.9 Å². The van der Waals surface area contributed by atoms with Crippen LogP contribution in [0.2, 0.25) is 0 Å². The molecule has 110 valence electrons. The van der Waals surface area contributed by atoms with E-state index in [1.807, 2.05) is 37.3 Å². The molecule has 0 unspecified atom stereocenters. The largest absolute Gasteiger partial charge is 0.380 e. The Labute approximate surface area is 127 Å². The van der Waals surface area contributed by atoms with Gasteiger partial charge in [-0.15, -0.1) is 0 Å². The summed E-state index contributed by atoms with van der Waals surface area (Å²) in [6.45, 7) is 2.02. The number of rotatable bonds is 2. The number of carbonyl (C=O) groups excluding carboxylic acids is 1. The number of carbonyl (C=O) groups is 1. The number of para-hydroxylation sites is 1. The van der Waals surface area contributed by atoms with Crippen LogP contribution < -0.4 is 10.6 Å². The zero-order valence-electron chi connectivity index (χ0n) is 12.0. The number of nitrogens with one attached hydrogen (secondary N) is 2. The summed E-state index contributed by atoms with van der Waals surface area (Å²) < 4.78 is 0. The van der Waals surface area contributed by atoms with Gasteiger partial charge in [0.25, 0.3) is 0 Å². The van der Waals surface area contributed by atoms with Crippen molar-refractivity contribution in [1.29, 1.82) is 0 Å². The third-order valence-electron chi connectivity index (χ3n) is 3.51. The molecule has 0 aromatic heterocycles. The molecule has 3 rings (SSSR count). The first-order valence-corrected chi connectivity index (χ1v) is 7.15. The molecule has 2 N–H and O–H groups in total. The van der Waals surface area contributed by atoms with Crippen LogP contribution in [0.5, 0.6) is 0 Å². The summed E-state index contributed by atoms with van der Waals surface area (Å²) in [5.41, 5.74) is 4.06. The zero-order valence-corrected chi connectivity index (χ0v) is 12.0. The fraction of sp³-hybridized carbons (Fsp3) is 0.167. The summed E-state index contributed by atoms with van der Waals surface area (Å²) in [7, 11) is 0. The molecule has 2 aromatic carbocycles. The maximum Gasteiger partial charge on any atom is 0.226 e. The van der Waals surface area contributed by atoms with Crippen molar-refractivity contribution in [3.05, 3.63) is 59.7 Å². The second-order valence-electron chi connectivity index (χ2n) is 5.31. The summed E-state index contributed by atoms with van der Waals surface area (Å²) in [6.07, 6.45) is 4.64. The molecule has 1 aliphatic heterocycles. The first kappa shape index (κ1) is 13.4. The third kappa shape index (κ3) is 3.14. The van der Waals surface area contributed by atoms with Gasteiger partial charge in [-0.1, -0.05) is 54.6 Å². The van der Waals surface area contributed by atoms with Gasteiger partial charge in [-0.3, -0.25) is 4.79 Å². The average Bonchev–Trinajstić information content (AvgIpc) is 2.63. The molecule has 1 amide bonds. The Kier molecular flexibility index (Phi) is 3.73. The Hall–Kier alpha value is -2.55. The second-order valence-corrected chi connectivity index (χ2v) is 5.31. The van der Waals surface area contributed by atoms with Crippen molar-refractivity contribution in [3.63, 3.8) is 0 Å². The van der Waals surface area contributed by atoms with Crippen molar-refractivity contribution in [3.8, 4) is 0 Å². The Balaban J connectivity index is 0.00000132. The predicted molar refractivity (Wildman–Crippen MR) is 92.4 cm³/mol. The third-order valence-corrected chi connectivity index (χ3v) is 3.51. The highest BCUT2D eigenvalue weighted by molar-refractivity contribution is 5.98. The van der Waals surface area contributed by atoms with Gasteiger partial charge in [0, 0.05) is 15.3 Å². The lowest BCUT2D eigenvalue weighted by Gasteiger charge is -2.14. The van der Waals surface area contributed by atoms with Gasteiger partial charge in [0.15, 0.2) is 0 Å². The lowest BCUT2D eigenvalue weighted by Crippen LogP contribution is -2.19. The van der Waals surface area contributed by atoms with Crippen molar-refractivity contribution in [2.24, 2.45) is 0 Å². The van der Waals surface area contributed by atoms with E-state index in [2.05, 4.69) is 41.0 Å². The van der Waals surface area contributed by atoms with E-state index in [0.29, 0.717) is 6.42 Å². The highest BCUT2D eigenvalue weighted by Gasteiger charge is 2.18. The van der Waals surface area contributed by atoms with E-state index in [0.717, 1.165) is 22.5 Å². The minimum atomic E-state index is 0. The van der Waals surface area contributed by atoms with Crippen molar-refractivity contribution < 1.29 is 7.65 Å². The standard InChI is InChI=1S/C18H18N2O.2H2/c1-13-12-17(21)20-16-9-5-8-15(18(16)19-13)11-10-14-6-3-2-4-7-14;;/h2-11,13,19H,12H2,1H3,(H,20,21);2*1H/b11-10+;;/t13-;;/m1../s1. The molecule has 21 heavy (non-hydrogen) atoms. The quantitative estimate of drug-likeness (QED) is 0.797. The van der Waals surface area contributed by atoms with Gasteiger partial charge in [0.2, 0.25) is 5.91 Å². The van der Waals surface area contributed by atoms with E-state index in [9.17, 15) is 4.79 Å². The van der Waals surface area contributed by atoms with E-state index in [4.69, 9.17) is 0 Å². The number of fused-ring (bicyclic) bond motifs is 1. The van der Waals surface area contributed by atoms with Crippen LogP contribution in [0.4, 0.5) is 11.4 Å². The molecule has 0 saturated heterocycles. The molecule has 1 atom stereocenters. The average molecular weight is 282 g/mol. The van der Waals surface area contributed by atoms with Crippen LogP contribution >= 0.6 is 0 Å². The molecule has 2 aromatic rings. The van der Waals surface area contributed by atoms with Crippen molar-refractivity contribution >= 4 is 29.4 Å². The van der Waals surface area contributed by atoms with Gasteiger partial charge in [-0.25, -0.2) is 0 Å². The molecule has 0 spiro atoms. The summed E-state index contributed by atoms with van der Waals surface area (Å²) >= 11 is 0. The van der Waals surface area contributed by atoms with Crippen LogP contribution in [0.25, 0.3) is 12.2 Å². The van der Waals surface area contributed by atoms with Gasteiger partial charge in [0.05, 0.1) is 11.4 Å². The molecular formula is C18H22N2O. The Bertz CT molecular complexity index is 687. The summed E-state index contributed by atoms with van der Waals surface area (Å²) in [4.78, 5) is 11.8. The number of hydrogen-bond donors (Lipinski definition) is 2. The van der Waals surface area contributed by atoms with Crippen LogP contribution in [0, 0.1) is 0 Å². The lowest BCUT2D eigenvalue weighted by molar-refractivity contribution is -0.116. The maximum atomic E-state index is 11.8. The van der Waals surface area contributed by atoms with E-state index in [1.54, 1.807) is 0 Å². The van der Waals surface area contributed by atoms with Gasteiger partial charge in [0.1, 0.15) is 0 Å². The topological polar surface area (TPSA) is 41.1 Å². The number of benzene rings is 2. The molecule has 0 fully saturated rings. The molecule has 1 aliphatic rings. The predicted octanol–water partition coefficient (Wildman–Crippen LogP) is 4.49. The molecule has 1 heterocycles. The second kappa shape index (κ2) is 5.83. The minimum Gasteiger partial charge on any atom is -0.380 e.